The molecule has 0 bridgehead atoms. The average Bonchev–Trinajstić information content (AvgIpc) is 2.78. The number of nitrogens with zero attached hydrogens (tertiary/aromatic N) is 4. The number of hydrogen-bond acceptors (Lipinski definition) is 5. The van der Waals surface area contributed by atoms with E-state index in [1.54, 1.807) is 0 Å². The maximum Gasteiger partial charge on any atom is 0.227 e. The lowest BCUT2D eigenvalue weighted by atomic mass is 10.1. The zero-order chi connectivity index (χ0) is 19.0. The van der Waals surface area contributed by atoms with Crippen molar-refractivity contribution in [1.29, 1.82) is 0 Å². The average molecular weight is 374 g/mol. The fourth-order valence-electron chi connectivity index (χ4n) is 3.56. The smallest absolute Gasteiger partial charge is 0.227 e. The van der Waals surface area contributed by atoms with Crippen molar-refractivity contribution in [3.05, 3.63) is 78.5 Å². The Morgan fingerprint density at radius 3 is 2.21 bits per heavy atom. The minimum Gasteiger partial charge on any atom is -0.370 e. The highest BCUT2D eigenvalue weighted by atomic mass is 15.3. The molecule has 144 valence electrons. The van der Waals surface area contributed by atoms with Gasteiger partial charge in [-0.1, -0.05) is 48.5 Å². The van der Waals surface area contributed by atoms with Crippen LogP contribution in [0.3, 0.4) is 0 Å². The van der Waals surface area contributed by atoms with Crippen LogP contribution in [0.25, 0.3) is 0 Å². The molecule has 1 aromatic heterocycles. The molecular weight excluding hydrogens is 346 g/mol. The molecule has 28 heavy (non-hydrogen) atoms. The Bertz CT molecular complexity index is 845. The molecule has 2 aromatic carbocycles. The SMILES string of the molecule is c1ccc(CCCNc2ccnc(N3CCN(c4ccccc4)CC3)n2)cc1. The van der Waals surface area contributed by atoms with Gasteiger partial charge in [0, 0.05) is 44.6 Å². The van der Waals surface area contributed by atoms with Crippen molar-refractivity contribution in [2.24, 2.45) is 0 Å². The summed E-state index contributed by atoms with van der Waals surface area (Å²) < 4.78 is 0. The highest BCUT2D eigenvalue weighted by Gasteiger charge is 2.19. The van der Waals surface area contributed by atoms with E-state index in [0.717, 1.165) is 57.3 Å². The largest absolute Gasteiger partial charge is 0.370 e. The number of aryl methyl sites for hydroxylation is 1. The van der Waals surface area contributed by atoms with E-state index >= 15 is 0 Å². The van der Waals surface area contributed by atoms with Gasteiger partial charge in [0.2, 0.25) is 5.95 Å². The molecule has 5 nitrogen and oxygen atoms in total. The van der Waals surface area contributed by atoms with Crippen LogP contribution < -0.4 is 15.1 Å². The number of piperazine rings is 1. The topological polar surface area (TPSA) is 44.3 Å². The van der Waals surface area contributed by atoms with Gasteiger partial charge in [-0.3, -0.25) is 0 Å². The van der Waals surface area contributed by atoms with Gasteiger partial charge in [-0.15, -0.1) is 0 Å². The summed E-state index contributed by atoms with van der Waals surface area (Å²) in [4.78, 5) is 13.9. The summed E-state index contributed by atoms with van der Waals surface area (Å²) in [5, 5.41) is 3.44. The Balaban J connectivity index is 1.27. The Morgan fingerprint density at radius 2 is 1.46 bits per heavy atom. The molecular formula is C23H27N5. The van der Waals surface area contributed by atoms with Crippen molar-refractivity contribution in [1.82, 2.24) is 9.97 Å². The first kappa shape index (κ1) is 18.3. The maximum absolute atomic E-state index is 4.72. The Hall–Kier alpha value is -3.08. The van der Waals surface area contributed by atoms with E-state index in [0.29, 0.717) is 0 Å². The van der Waals surface area contributed by atoms with Gasteiger partial charge in [-0.2, -0.15) is 4.98 Å². The standard InChI is InChI=1S/C23H27N5/c1-3-8-20(9-4-1)10-7-14-24-22-13-15-25-23(26-22)28-18-16-27(17-19-28)21-11-5-2-6-12-21/h1-6,8-9,11-13,15H,7,10,14,16-19H2,(H,24,25,26). The predicted molar refractivity (Wildman–Crippen MR) is 116 cm³/mol. The normalized spacial score (nSPS) is 14.1. The monoisotopic (exact) mass is 373 g/mol. The fraction of sp³-hybridized carbons (Fsp3) is 0.304. The summed E-state index contributed by atoms with van der Waals surface area (Å²) in [7, 11) is 0. The molecule has 0 saturated carbocycles. The number of nitrogens with one attached hydrogen (secondary N) is 1. The summed E-state index contributed by atoms with van der Waals surface area (Å²) >= 11 is 0. The highest BCUT2D eigenvalue weighted by molar-refractivity contribution is 5.49. The number of rotatable bonds is 7. The Kier molecular flexibility index (Phi) is 6.02. The van der Waals surface area contributed by atoms with Crippen LogP contribution in [0.1, 0.15) is 12.0 Å². The molecule has 0 atom stereocenters. The molecule has 0 amide bonds. The van der Waals surface area contributed by atoms with Crippen LogP contribution >= 0.6 is 0 Å². The molecule has 5 heteroatoms. The summed E-state index contributed by atoms with van der Waals surface area (Å²) in [5.41, 5.74) is 2.67. The van der Waals surface area contributed by atoms with Crippen LogP contribution in [0.5, 0.6) is 0 Å². The van der Waals surface area contributed by atoms with E-state index in [1.807, 2.05) is 12.3 Å². The molecule has 3 aromatic rings. The van der Waals surface area contributed by atoms with Gasteiger partial charge in [-0.25, -0.2) is 4.98 Å². The third-order valence-corrected chi connectivity index (χ3v) is 5.12. The molecule has 1 fully saturated rings. The lowest BCUT2D eigenvalue weighted by Crippen LogP contribution is -2.47. The third-order valence-electron chi connectivity index (χ3n) is 5.12. The van der Waals surface area contributed by atoms with Crippen molar-refractivity contribution in [2.75, 3.05) is 47.8 Å². The second-order valence-corrected chi connectivity index (χ2v) is 7.07. The first-order valence-electron chi connectivity index (χ1n) is 10.0. The Labute approximate surface area is 167 Å². The van der Waals surface area contributed by atoms with E-state index in [1.165, 1.54) is 11.3 Å². The van der Waals surface area contributed by atoms with E-state index in [2.05, 4.69) is 80.8 Å². The molecule has 0 unspecified atom stereocenters. The molecule has 0 spiro atoms. The van der Waals surface area contributed by atoms with E-state index in [-0.39, 0.29) is 0 Å². The van der Waals surface area contributed by atoms with Crippen molar-refractivity contribution in [2.45, 2.75) is 12.8 Å². The second kappa shape index (κ2) is 9.22. The van der Waals surface area contributed by atoms with Crippen molar-refractivity contribution in [3.8, 4) is 0 Å². The molecule has 2 heterocycles. The van der Waals surface area contributed by atoms with Crippen LogP contribution in [0.2, 0.25) is 0 Å². The van der Waals surface area contributed by atoms with E-state index < -0.39 is 0 Å². The summed E-state index contributed by atoms with van der Waals surface area (Å²) in [6.45, 7) is 4.76. The number of anilines is 3. The van der Waals surface area contributed by atoms with Crippen LogP contribution in [-0.2, 0) is 6.42 Å². The lowest BCUT2D eigenvalue weighted by Gasteiger charge is -2.36. The van der Waals surface area contributed by atoms with Gasteiger partial charge in [0.05, 0.1) is 0 Å². The van der Waals surface area contributed by atoms with Gasteiger partial charge in [0.15, 0.2) is 0 Å². The maximum atomic E-state index is 4.72. The second-order valence-electron chi connectivity index (χ2n) is 7.07. The first-order valence-corrected chi connectivity index (χ1v) is 10.0. The number of aromatic nitrogens is 2. The summed E-state index contributed by atoms with van der Waals surface area (Å²) in [6.07, 6.45) is 4.01. The van der Waals surface area contributed by atoms with E-state index in [9.17, 15) is 0 Å². The minimum absolute atomic E-state index is 0.820. The zero-order valence-corrected chi connectivity index (χ0v) is 16.2. The minimum atomic E-state index is 0.820. The lowest BCUT2D eigenvalue weighted by molar-refractivity contribution is 0.640. The first-order chi connectivity index (χ1) is 13.9. The van der Waals surface area contributed by atoms with Crippen LogP contribution in [0, 0.1) is 0 Å². The quantitative estimate of drug-likeness (QED) is 0.638. The Morgan fingerprint density at radius 1 is 0.786 bits per heavy atom. The molecule has 4 rings (SSSR count). The number of hydrogen-bond donors (Lipinski definition) is 1. The van der Waals surface area contributed by atoms with Crippen LogP contribution in [0.15, 0.2) is 72.9 Å². The van der Waals surface area contributed by atoms with Crippen LogP contribution in [-0.4, -0.2) is 42.7 Å². The van der Waals surface area contributed by atoms with Gasteiger partial charge in [-0.05, 0) is 36.6 Å². The highest BCUT2D eigenvalue weighted by Crippen LogP contribution is 2.18. The van der Waals surface area contributed by atoms with Gasteiger partial charge >= 0.3 is 0 Å². The van der Waals surface area contributed by atoms with Gasteiger partial charge in [0.25, 0.3) is 0 Å². The van der Waals surface area contributed by atoms with Gasteiger partial charge < -0.3 is 15.1 Å². The molecule has 1 aliphatic heterocycles. The van der Waals surface area contributed by atoms with Crippen molar-refractivity contribution < 1.29 is 0 Å². The van der Waals surface area contributed by atoms with Crippen LogP contribution in [0.4, 0.5) is 17.5 Å². The zero-order valence-electron chi connectivity index (χ0n) is 16.2. The molecule has 1 saturated heterocycles. The molecule has 0 aliphatic carbocycles. The molecule has 1 N–H and O–H groups in total. The fourth-order valence-corrected chi connectivity index (χ4v) is 3.56. The van der Waals surface area contributed by atoms with Crippen molar-refractivity contribution in [3.63, 3.8) is 0 Å². The van der Waals surface area contributed by atoms with Gasteiger partial charge in [0.1, 0.15) is 5.82 Å². The summed E-state index contributed by atoms with van der Waals surface area (Å²) in [5.74, 6) is 1.73. The molecule has 1 aliphatic rings. The molecule has 0 radical (unpaired) electrons. The third kappa shape index (κ3) is 4.80. The van der Waals surface area contributed by atoms with Crippen molar-refractivity contribution >= 4 is 17.5 Å². The number of benzene rings is 2. The predicted octanol–water partition coefficient (Wildman–Crippen LogP) is 3.85. The number of para-hydroxylation sites is 1. The van der Waals surface area contributed by atoms with E-state index in [4.69, 9.17) is 4.98 Å². The summed E-state index contributed by atoms with van der Waals surface area (Å²) in [6, 6.07) is 23.2.